The Balaban J connectivity index is 1.99. The second-order valence-electron chi connectivity index (χ2n) is 4.93. The number of benzene rings is 1. The number of rotatable bonds is 7. The van der Waals surface area contributed by atoms with E-state index in [2.05, 4.69) is 17.3 Å². The molecule has 0 spiro atoms. The third-order valence-electron chi connectivity index (χ3n) is 3.39. The van der Waals surface area contributed by atoms with Crippen LogP contribution in [-0.4, -0.2) is 47.1 Å². The van der Waals surface area contributed by atoms with Gasteiger partial charge in [-0.3, -0.25) is 10.1 Å². The number of carboxylic acids is 1. The molecule has 0 atom stereocenters. The van der Waals surface area contributed by atoms with Gasteiger partial charge in [-0.1, -0.05) is 0 Å². The van der Waals surface area contributed by atoms with Crippen LogP contribution in [0, 0.1) is 10.1 Å². The maximum atomic E-state index is 10.9. The highest BCUT2D eigenvalue weighted by molar-refractivity contribution is 5.93. The molecule has 1 saturated carbocycles. The Morgan fingerprint density at radius 3 is 2.80 bits per heavy atom. The second kappa shape index (κ2) is 5.87. The van der Waals surface area contributed by atoms with Crippen molar-refractivity contribution in [1.82, 2.24) is 4.90 Å². The molecule has 2 rings (SSSR count). The van der Waals surface area contributed by atoms with Crippen LogP contribution in [-0.2, 0) is 0 Å². The number of nitro benzene ring substituents is 1. The molecule has 0 amide bonds. The predicted octanol–water partition coefficient (Wildman–Crippen LogP) is 1.80. The number of hydrogen-bond donors (Lipinski definition) is 2. The fourth-order valence-electron chi connectivity index (χ4n) is 2.05. The second-order valence-corrected chi connectivity index (χ2v) is 4.93. The summed E-state index contributed by atoms with van der Waals surface area (Å²) in [5.41, 5.74) is -0.125. The molecule has 1 aliphatic rings. The molecule has 20 heavy (non-hydrogen) atoms. The van der Waals surface area contributed by atoms with Gasteiger partial charge in [0.1, 0.15) is 5.56 Å². The lowest BCUT2D eigenvalue weighted by molar-refractivity contribution is -0.385. The molecule has 0 aromatic heterocycles. The number of carbonyl (C=O) groups is 1. The minimum absolute atomic E-state index is 0.296. The van der Waals surface area contributed by atoms with Crippen LogP contribution in [0.2, 0.25) is 0 Å². The van der Waals surface area contributed by atoms with E-state index in [1.807, 2.05) is 0 Å². The van der Waals surface area contributed by atoms with Gasteiger partial charge in [0.25, 0.3) is 5.69 Å². The molecule has 7 nitrogen and oxygen atoms in total. The number of carboxylic acid groups (broad SMARTS) is 1. The summed E-state index contributed by atoms with van der Waals surface area (Å²) in [4.78, 5) is 23.3. The summed E-state index contributed by atoms with van der Waals surface area (Å²) in [5.74, 6) is -1.29. The molecule has 0 saturated heterocycles. The van der Waals surface area contributed by atoms with Crippen LogP contribution < -0.4 is 5.32 Å². The van der Waals surface area contributed by atoms with E-state index in [1.54, 1.807) is 6.07 Å². The Kier molecular flexibility index (Phi) is 4.19. The quantitative estimate of drug-likeness (QED) is 0.583. The summed E-state index contributed by atoms with van der Waals surface area (Å²) in [7, 11) is 2.05. The van der Waals surface area contributed by atoms with Crippen molar-refractivity contribution in [3.05, 3.63) is 33.9 Å². The first-order valence-corrected chi connectivity index (χ1v) is 6.45. The van der Waals surface area contributed by atoms with Crippen molar-refractivity contribution in [2.45, 2.75) is 18.9 Å². The molecule has 0 radical (unpaired) electrons. The van der Waals surface area contributed by atoms with E-state index >= 15 is 0 Å². The first-order chi connectivity index (χ1) is 9.49. The van der Waals surface area contributed by atoms with Crippen LogP contribution in [0.5, 0.6) is 0 Å². The molecule has 1 fully saturated rings. The molecule has 0 aliphatic heterocycles. The van der Waals surface area contributed by atoms with Gasteiger partial charge in [-0.2, -0.15) is 0 Å². The van der Waals surface area contributed by atoms with Crippen LogP contribution in [0.25, 0.3) is 0 Å². The molecule has 0 bridgehead atoms. The molecule has 2 N–H and O–H groups in total. The van der Waals surface area contributed by atoms with Gasteiger partial charge in [-0.15, -0.1) is 0 Å². The highest BCUT2D eigenvalue weighted by atomic mass is 16.6. The average Bonchev–Trinajstić information content (AvgIpc) is 3.22. The number of nitro groups is 1. The molecule has 1 aromatic rings. The summed E-state index contributed by atoms with van der Waals surface area (Å²) < 4.78 is 0. The number of nitrogens with zero attached hydrogens (tertiary/aromatic N) is 2. The van der Waals surface area contributed by atoms with Gasteiger partial charge in [-0.05, 0) is 32.0 Å². The summed E-state index contributed by atoms with van der Waals surface area (Å²) in [6.07, 6.45) is 2.46. The largest absolute Gasteiger partial charge is 0.477 e. The van der Waals surface area contributed by atoms with E-state index < -0.39 is 16.6 Å². The SMILES string of the molecule is CN(CCNc1ccc(C(=O)O)c([N+](=O)[O-])c1)C1CC1. The van der Waals surface area contributed by atoms with Crippen LogP contribution >= 0.6 is 0 Å². The van der Waals surface area contributed by atoms with Gasteiger partial charge in [0.15, 0.2) is 0 Å². The van der Waals surface area contributed by atoms with Crippen molar-refractivity contribution in [3.8, 4) is 0 Å². The third kappa shape index (κ3) is 3.45. The normalized spacial score (nSPS) is 14.3. The van der Waals surface area contributed by atoms with E-state index in [0.717, 1.165) is 6.54 Å². The Bertz CT molecular complexity index is 528. The third-order valence-corrected chi connectivity index (χ3v) is 3.39. The van der Waals surface area contributed by atoms with Gasteiger partial charge >= 0.3 is 5.97 Å². The lowest BCUT2D eigenvalue weighted by atomic mass is 10.1. The van der Waals surface area contributed by atoms with Crippen molar-refractivity contribution >= 4 is 17.3 Å². The first-order valence-electron chi connectivity index (χ1n) is 6.45. The summed E-state index contributed by atoms with van der Waals surface area (Å²) in [6, 6.07) is 4.74. The van der Waals surface area contributed by atoms with Gasteiger partial charge in [-0.25, -0.2) is 4.79 Å². The van der Waals surface area contributed by atoms with Crippen molar-refractivity contribution in [1.29, 1.82) is 0 Å². The van der Waals surface area contributed by atoms with E-state index in [0.29, 0.717) is 18.3 Å². The lowest BCUT2D eigenvalue weighted by Gasteiger charge is -2.16. The molecule has 0 heterocycles. The minimum atomic E-state index is -1.29. The van der Waals surface area contributed by atoms with Gasteiger partial charge in [0.05, 0.1) is 4.92 Å². The zero-order chi connectivity index (χ0) is 14.7. The van der Waals surface area contributed by atoms with Crippen molar-refractivity contribution in [2.75, 3.05) is 25.5 Å². The zero-order valence-corrected chi connectivity index (χ0v) is 11.2. The van der Waals surface area contributed by atoms with Crippen LogP contribution in [0.15, 0.2) is 18.2 Å². The first kappa shape index (κ1) is 14.3. The molecule has 108 valence electrons. The van der Waals surface area contributed by atoms with Crippen molar-refractivity contribution in [3.63, 3.8) is 0 Å². The zero-order valence-electron chi connectivity index (χ0n) is 11.2. The fourth-order valence-corrected chi connectivity index (χ4v) is 2.05. The Hall–Kier alpha value is -2.15. The molecule has 1 aromatic carbocycles. The minimum Gasteiger partial charge on any atom is -0.477 e. The smallest absolute Gasteiger partial charge is 0.342 e. The lowest BCUT2D eigenvalue weighted by Crippen LogP contribution is -2.27. The van der Waals surface area contributed by atoms with E-state index in [9.17, 15) is 14.9 Å². The van der Waals surface area contributed by atoms with Gasteiger partial charge in [0.2, 0.25) is 0 Å². The standard InChI is InChI=1S/C13H17N3O4/c1-15(10-3-4-10)7-6-14-9-2-5-11(13(17)18)12(8-9)16(19)20/h2,5,8,10,14H,3-4,6-7H2,1H3,(H,17,18). The number of aromatic carboxylic acids is 1. The molecule has 1 aliphatic carbocycles. The predicted molar refractivity (Wildman–Crippen MR) is 74.2 cm³/mol. The van der Waals surface area contributed by atoms with E-state index in [4.69, 9.17) is 5.11 Å². The number of likely N-dealkylation sites (N-methyl/N-ethyl adjacent to an activating group) is 1. The summed E-state index contributed by atoms with van der Waals surface area (Å²) in [6.45, 7) is 1.51. The highest BCUT2D eigenvalue weighted by Crippen LogP contribution is 2.25. The summed E-state index contributed by atoms with van der Waals surface area (Å²) >= 11 is 0. The van der Waals surface area contributed by atoms with E-state index in [-0.39, 0.29) is 5.56 Å². The Labute approximate surface area is 116 Å². The van der Waals surface area contributed by atoms with Crippen molar-refractivity contribution < 1.29 is 14.8 Å². The van der Waals surface area contributed by atoms with Crippen LogP contribution in [0.4, 0.5) is 11.4 Å². The Morgan fingerprint density at radius 2 is 2.25 bits per heavy atom. The van der Waals surface area contributed by atoms with Gasteiger partial charge in [0, 0.05) is 30.9 Å². The molecule has 0 unspecified atom stereocenters. The molecular formula is C13H17N3O4. The topological polar surface area (TPSA) is 95.7 Å². The highest BCUT2D eigenvalue weighted by Gasteiger charge is 2.25. The monoisotopic (exact) mass is 279 g/mol. The summed E-state index contributed by atoms with van der Waals surface area (Å²) in [5, 5.41) is 22.8. The maximum Gasteiger partial charge on any atom is 0.342 e. The average molecular weight is 279 g/mol. The molecule has 7 heteroatoms. The molecular weight excluding hydrogens is 262 g/mol. The Morgan fingerprint density at radius 1 is 1.55 bits per heavy atom. The van der Waals surface area contributed by atoms with Crippen LogP contribution in [0.1, 0.15) is 23.2 Å². The number of hydrogen-bond acceptors (Lipinski definition) is 5. The fraction of sp³-hybridized carbons (Fsp3) is 0.462. The van der Waals surface area contributed by atoms with Crippen molar-refractivity contribution in [2.24, 2.45) is 0 Å². The van der Waals surface area contributed by atoms with Gasteiger partial charge < -0.3 is 15.3 Å². The number of anilines is 1. The number of nitrogens with one attached hydrogen (secondary N) is 1. The van der Waals surface area contributed by atoms with Crippen LogP contribution in [0.3, 0.4) is 0 Å². The van der Waals surface area contributed by atoms with E-state index in [1.165, 1.54) is 25.0 Å². The maximum absolute atomic E-state index is 10.9.